The van der Waals surface area contributed by atoms with Crippen LogP contribution in [0.3, 0.4) is 0 Å². The zero-order valence-corrected chi connectivity index (χ0v) is 9.60. The molecule has 84 valence electrons. The highest BCUT2D eigenvalue weighted by Gasteiger charge is 2.13. The van der Waals surface area contributed by atoms with E-state index in [1.54, 1.807) is 10.7 Å². The average Bonchev–Trinajstić information content (AvgIpc) is 2.61. The van der Waals surface area contributed by atoms with E-state index in [1.807, 2.05) is 25.1 Å². The molecule has 2 rings (SSSR count). The van der Waals surface area contributed by atoms with E-state index in [4.69, 9.17) is 0 Å². The Bertz CT molecular complexity index is 510. The van der Waals surface area contributed by atoms with Gasteiger partial charge >= 0.3 is 0 Å². The largest absolute Gasteiger partial charge is 0.299 e. The molecule has 0 spiro atoms. The van der Waals surface area contributed by atoms with Gasteiger partial charge in [-0.05, 0) is 18.9 Å². The summed E-state index contributed by atoms with van der Waals surface area (Å²) in [4.78, 5) is 11.7. The number of aryl methyl sites for hydroxylation is 1. The molecule has 1 unspecified atom stereocenters. The van der Waals surface area contributed by atoms with Crippen molar-refractivity contribution in [1.29, 1.82) is 0 Å². The van der Waals surface area contributed by atoms with Gasteiger partial charge in [0.05, 0.1) is 6.04 Å². The monoisotopic (exact) mass is 216 g/mol. The van der Waals surface area contributed by atoms with Gasteiger partial charge in [-0.15, -0.1) is 0 Å². The number of aromatic amines is 1. The molecule has 0 aliphatic carbocycles. The first-order chi connectivity index (χ1) is 7.72. The van der Waals surface area contributed by atoms with Crippen molar-refractivity contribution in [1.82, 2.24) is 9.78 Å². The highest BCUT2D eigenvalue weighted by Crippen LogP contribution is 2.19. The minimum absolute atomic E-state index is 0.0354. The Morgan fingerprint density at radius 1 is 1.31 bits per heavy atom. The lowest BCUT2D eigenvalue weighted by Gasteiger charge is -2.16. The van der Waals surface area contributed by atoms with Gasteiger partial charge in [-0.1, -0.05) is 37.3 Å². The number of rotatable bonds is 3. The first-order valence-electron chi connectivity index (χ1n) is 5.55. The van der Waals surface area contributed by atoms with E-state index in [9.17, 15) is 4.79 Å². The van der Waals surface area contributed by atoms with Crippen molar-refractivity contribution in [3.8, 4) is 0 Å². The van der Waals surface area contributed by atoms with Gasteiger partial charge in [0, 0.05) is 11.8 Å². The van der Waals surface area contributed by atoms with Crippen molar-refractivity contribution in [3.63, 3.8) is 0 Å². The van der Waals surface area contributed by atoms with Crippen molar-refractivity contribution < 1.29 is 0 Å². The summed E-state index contributed by atoms with van der Waals surface area (Å²) in [6, 6.07) is 11.8. The van der Waals surface area contributed by atoms with Crippen LogP contribution in [0.4, 0.5) is 0 Å². The van der Waals surface area contributed by atoms with Crippen LogP contribution >= 0.6 is 0 Å². The van der Waals surface area contributed by atoms with Gasteiger partial charge in [0.1, 0.15) is 0 Å². The number of benzene rings is 1. The minimum Gasteiger partial charge on any atom is -0.299 e. The lowest BCUT2D eigenvalue weighted by Crippen LogP contribution is -2.22. The molecule has 0 amide bonds. The molecule has 0 aliphatic rings. The van der Waals surface area contributed by atoms with Crippen molar-refractivity contribution in [2.24, 2.45) is 0 Å². The second-order valence-electron chi connectivity index (χ2n) is 3.98. The molecule has 1 heterocycles. The number of H-pyrrole nitrogens is 1. The quantitative estimate of drug-likeness (QED) is 0.841. The third kappa shape index (κ3) is 1.94. The standard InChI is InChI=1S/C13H16N2O/c1-3-12(11-7-5-4-6-8-11)15-13(16)9-10(2)14-15/h4-9,12,14H,3H2,1-2H3. The molecule has 0 aliphatic heterocycles. The topological polar surface area (TPSA) is 37.8 Å². The third-order valence-corrected chi connectivity index (χ3v) is 2.76. The minimum atomic E-state index is 0.0354. The lowest BCUT2D eigenvalue weighted by molar-refractivity contribution is 0.493. The van der Waals surface area contributed by atoms with Gasteiger partial charge < -0.3 is 0 Å². The first-order valence-corrected chi connectivity index (χ1v) is 5.55. The third-order valence-electron chi connectivity index (χ3n) is 2.76. The Balaban J connectivity index is 2.45. The summed E-state index contributed by atoms with van der Waals surface area (Å²) in [6.45, 7) is 3.98. The van der Waals surface area contributed by atoms with E-state index >= 15 is 0 Å². The summed E-state index contributed by atoms with van der Waals surface area (Å²) < 4.78 is 1.70. The van der Waals surface area contributed by atoms with Crippen LogP contribution in [0.25, 0.3) is 0 Å². The van der Waals surface area contributed by atoms with Gasteiger partial charge in [0.2, 0.25) is 0 Å². The van der Waals surface area contributed by atoms with Gasteiger partial charge in [-0.2, -0.15) is 0 Å². The van der Waals surface area contributed by atoms with Crippen molar-refractivity contribution in [2.75, 3.05) is 0 Å². The predicted molar refractivity (Wildman–Crippen MR) is 64.7 cm³/mol. The van der Waals surface area contributed by atoms with Crippen LogP contribution in [-0.2, 0) is 0 Å². The Kier molecular flexibility index (Phi) is 2.95. The second-order valence-corrected chi connectivity index (χ2v) is 3.98. The van der Waals surface area contributed by atoms with E-state index in [1.165, 1.54) is 0 Å². The maximum absolute atomic E-state index is 11.7. The molecule has 2 aromatic rings. The fourth-order valence-corrected chi connectivity index (χ4v) is 2.01. The Hall–Kier alpha value is -1.77. The Labute approximate surface area is 94.7 Å². The van der Waals surface area contributed by atoms with E-state index in [0.717, 1.165) is 17.7 Å². The molecule has 0 bridgehead atoms. The SMILES string of the molecule is CCC(c1ccccc1)n1[nH]c(C)cc1=O. The van der Waals surface area contributed by atoms with Gasteiger partial charge in [0.25, 0.3) is 5.56 Å². The predicted octanol–water partition coefficient (Wildman–Crippen LogP) is 2.48. The maximum atomic E-state index is 11.7. The summed E-state index contributed by atoms with van der Waals surface area (Å²) in [7, 11) is 0. The number of hydrogen-bond acceptors (Lipinski definition) is 1. The highest BCUT2D eigenvalue weighted by molar-refractivity contribution is 5.19. The second kappa shape index (κ2) is 4.39. The molecular weight excluding hydrogens is 200 g/mol. The smallest absolute Gasteiger partial charge is 0.267 e. The maximum Gasteiger partial charge on any atom is 0.267 e. The fraction of sp³-hybridized carbons (Fsp3) is 0.308. The summed E-state index contributed by atoms with van der Waals surface area (Å²) in [5.41, 5.74) is 2.10. The van der Waals surface area contributed by atoms with Crippen LogP contribution in [0.5, 0.6) is 0 Å². The average molecular weight is 216 g/mol. The number of nitrogens with zero attached hydrogens (tertiary/aromatic N) is 1. The van der Waals surface area contributed by atoms with Crippen molar-refractivity contribution >= 4 is 0 Å². The molecule has 0 saturated heterocycles. The molecule has 1 N–H and O–H groups in total. The van der Waals surface area contributed by atoms with Crippen LogP contribution < -0.4 is 5.56 Å². The normalized spacial score (nSPS) is 12.6. The molecule has 16 heavy (non-hydrogen) atoms. The van der Waals surface area contributed by atoms with Crippen LogP contribution in [0, 0.1) is 6.92 Å². The van der Waals surface area contributed by atoms with Gasteiger partial charge in [0.15, 0.2) is 0 Å². The van der Waals surface area contributed by atoms with Gasteiger partial charge in [-0.3, -0.25) is 9.89 Å². The van der Waals surface area contributed by atoms with Crippen molar-refractivity contribution in [2.45, 2.75) is 26.3 Å². The van der Waals surface area contributed by atoms with E-state index in [-0.39, 0.29) is 11.6 Å². The summed E-state index contributed by atoms with van der Waals surface area (Å²) in [6.07, 6.45) is 0.893. The lowest BCUT2D eigenvalue weighted by atomic mass is 10.1. The van der Waals surface area contributed by atoms with Crippen molar-refractivity contribution in [3.05, 3.63) is 58.0 Å². The molecule has 0 radical (unpaired) electrons. The van der Waals surface area contributed by atoms with E-state index in [2.05, 4.69) is 24.2 Å². The molecule has 0 fully saturated rings. The van der Waals surface area contributed by atoms with E-state index < -0.39 is 0 Å². The Morgan fingerprint density at radius 2 is 2.00 bits per heavy atom. The fourth-order valence-electron chi connectivity index (χ4n) is 2.01. The summed E-state index contributed by atoms with van der Waals surface area (Å²) in [5, 5.41) is 3.10. The molecule has 0 saturated carbocycles. The zero-order chi connectivity index (χ0) is 11.5. The molecular formula is C13H16N2O. The van der Waals surface area contributed by atoms with Crippen LogP contribution in [-0.4, -0.2) is 9.78 Å². The Morgan fingerprint density at radius 3 is 2.50 bits per heavy atom. The highest BCUT2D eigenvalue weighted by atomic mass is 16.1. The summed E-state index contributed by atoms with van der Waals surface area (Å²) in [5.74, 6) is 0. The van der Waals surface area contributed by atoms with E-state index in [0.29, 0.717) is 0 Å². The first kappa shape index (κ1) is 10.7. The summed E-state index contributed by atoms with van der Waals surface area (Å²) >= 11 is 0. The number of nitrogens with one attached hydrogen (secondary N) is 1. The number of aromatic nitrogens is 2. The molecule has 1 aromatic heterocycles. The number of hydrogen-bond donors (Lipinski definition) is 1. The zero-order valence-electron chi connectivity index (χ0n) is 9.60. The molecule has 1 atom stereocenters. The molecule has 1 aromatic carbocycles. The molecule has 3 heteroatoms. The van der Waals surface area contributed by atoms with Crippen LogP contribution in [0.2, 0.25) is 0 Å². The van der Waals surface area contributed by atoms with Crippen LogP contribution in [0.15, 0.2) is 41.2 Å². The molecule has 3 nitrogen and oxygen atoms in total. The van der Waals surface area contributed by atoms with Gasteiger partial charge in [-0.25, -0.2) is 4.68 Å². The van der Waals surface area contributed by atoms with Crippen LogP contribution in [0.1, 0.15) is 30.6 Å².